The van der Waals surface area contributed by atoms with Crippen molar-refractivity contribution < 1.29 is 23.1 Å². The van der Waals surface area contributed by atoms with Gasteiger partial charge in [0.1, 0.15) is 0 Å². The number of hydrogen-bond donors (Lipinski definition) is 1. The lowest BCUT2D eigenvalue weighted by atomic mass is 9.90. The van der Waals surface area contributed by atoms with E-state index in [1.165, 1.54) is 29.2 Å². The predicted octanol–water partition coefficient (Wildman–Crippen LogP) is 1.03. The molecule has 2 rings (SSSR count). The summed E-state index contributed by atoms with van der Waals surface area (Å²) in [5.74, 6) is -1.27. The standard InChI is InChI=1S/C14H17NO5S/c1-14(13(17)18)6-7-15(9-14)12(16)10-4-3-5-11(8-10)21(2,19)20/h3-5,8H,6-7,9H2,1-2H3,(H,17,18)/t14-/m1/s1. The van der Waals surface area contributed by atoms with Crippen molar-refractivity contribution in [2.75, 3.05) is 19.3 Å². The van der Waals surface area contributed by atoms with E-state index in [2.05, 4.69) is 0 Å². The van der Waals surface area contributed by atoms with Gasteiger partial charge in [0.15, 0.2) is 9.84 Å². The van der Waals surface area contributed by atoms with Gasteiger partial charge in [0.2, 0.25) is 0 Å². The van der Waals surface area contributed by atoms with Crippen LogP contribution in [0.25, 0.3) is 0 Å². The van der Waals surface area contributed by atoms with Gasteiger partial charge in [-0.05, 0) is 31.5 Å². The number of aliphatic carboxylic acids is 1. The number of carbonyl (C=O) groups excluding carboxylic acids is 1. The Morgan fingerprint density at radius 3 is 2.52 bits per heavy atom. The summed E-state index contributed by atoms with van der Waals surface area (Å²) >= 11 is 0. The van der Waals surface area contributed by atoms with Gasteiger partial charge >= 0.3 is 5.97 Å². The number of amides is 1. The number of carboxylic acids is 1. The fourth-order valence-corrected chi connectivity index (χ4v) is 3.02. The van der Waals surface area contributed by atoms with Gasteiger partial charge < -0.3 is 10.0 Å². The van der Waals surface area contributed by atoms with Crippen molar-refractivity contribution in [3.63, 3.8) is 0 Å². The molecule has 1 saturated heterocycles. The molecule has 1 amide bonds. The molecule has 1 aromatic carbocycles. The molecule has 0 aromatic heterocycles. The summed E-state index contributed by atoms with van der Waals surface area (Å²) in [6, 6.07) is 5.80. The molecule has 1 N–H and O–H groups in total. The fraction of sp³-hybridized carbons (Fsp3) is 0.429. The molecule has 1 aliphatic heterocycles. The van der Waals surface area contributed by atoms with E-state index >= 15 is 0 Å². The second kappa shape index (κ2) is 5.14. The summed E-state index contributed by atoms with van der Waals surface area (Å²) in [6.07, 6.45) is 1.47. The first-order valence-corrected chi connectivity index (χ1v) is 8.35. The molecular formula is C14H17NO5S. The van der Waals surface area contributed by atoms with Crippen molar-refractivity contribution in [3.8, 4) is 0 Å². The zero-order valence-electron chi connectivity index (χ0n) is 11.9. The maximum atomic E-state index is 12.4. The quantitative estimate of drug-likeness (QED) is 0.900. The highest BCUT2D eigenvalue weighted by molar-refractivity contribution is 7.90. The number of sulfone groups is 1. The Labute approximate surface area is 123 Å². The second-order valence-corrected chi connectivity index (χ2v) is 7.66. The van der Waals surface area contributed by atoms with Gasteiger partial charge in [-0.15, -0.1) is 0 Å². The number of hydrogen-bond acceptors (Lipinski definition) is 4. The van der Waals surface area contributed by atoms with Gasteiger partial charge in [-0.1, -0.05) is 6.07 Å². The lowest BCUT2D eigenvalue weighted by Crippen LogP contribution is -2.34. The molecule has 114 valence electrons. The molecule has 1 atom stereocenters. The Balaban J connectivity index is 2.25. The Hall–Kier alpha value is -1.89. The predicted molar refractivity (Wildman–Crippen MR) is 75.8 cm³/mol. The van der Waals surface area contributed by atoms with E-state index in [1.54, 1.807) is 6.92 Å². The summed E-state index contributed by atoms with van der Waals surface area (Å²) in [5.41, 5.74) is -0.683. The number of nitrogens with zero attached hydrogens (tertiary/aromatic N) is 1. The minimum absolute atomic E-state index is 0.0774. The van der Waals surface area contributed by atoms with Crippen molar-refractivity contribution in [2.45, 2.75) is 18.2 Å². The lowest BCUT2D eigenvalue weighted by molar-refractivity contribution is -0.147. The molecule has 1 aliphatic rings. The molecule has 1 fully saturated rings. The van der Waals surface area contributed by atoms with Crippen LogP contribution in [0.5, 0.6) is 0 Å². The van der Waals surface area contributed by atoms with E-state index in [9.17, 15) is 23.1 Å². The Bertz CT molecular complexity index is 697. The first-order valence-electron chi connectivity index (χ1n) is 6.46. The fourth-order valence-electron chi connectivity index (χ4n) is 2.35. The normalized spacial score (nSPS) is 22.3. The molecule has 0 aliphatic carbocycles. The first-order chi connectivity index (χ1) is 9.63. The van der Waals surface area contributed by atoms with E-state index in [1.807, 2.05) is 0 Å². The summed E-state index contributed by atoms with van der Waals surface area (Å²) in [7, 11) is -3.38. The first kappa shape index (κ1) is 15.5. The Morgan fingerprint density at radius 1 is 1.33 bits per heavy atom. The van der Waals surface area contributed by atoms with Crippen LogP contribution in [-0.4, -0.2) is 49.6 Å². The monoisotopic (exact) mass is 311 g/mol. The van der Waals surface area contributed by atoms with E-state index < -0.39 is 21.2 Å². The second-order valence-electron chi connectivity index (χ2n) is 5.64. The zero-order valence-corrected chi connectivity index (χ0v) is 12.7. The third-order valence-electron chi connectivity index (χ3n) is 3.79. The molecule has 1 heterocycles. The smallest absolute Gasteiger partial charge is 0.311 e. The van der Waals surface area contributed by atoms with E-state index in [0.29, 0.717) is 13.0 Å². The van der Waals surface area contributed by atoms with Gasteiger partial charge in [-0.25, -0.2) is 8.42 Å². The van der Waals surface area contributed by atoms with Crippen molar-refractivity contribution in [1.29, 1.82) is 0 Å². The minimum atomic E-state index is -3.38. The number of benzene rings is 1. The maximum Gasteiger partial charge on any atom is 0.311 e. The topological polar surface area (TPSA) is 91.8 Å². The van der Waals surface area contributed by atoms with Crippen LogP contribution in [0.1, 0.15) is 23.7 Å². The van der Waals surface area contributed by atoms with E-state index in [-0.39, 0.29) is 22.9 Å². The number of carboxylic acid groups (broad SMARTS) is 1. The molecule has 7 heteroatoms. The van der Waals surface area contributed by atoms with Gasteiger partial charge in [0, 0.05) is 24.9 Å². The third-order valence-corrected chi connectivity index (χ3v) is 4.90. The van der Waals surface area contributed by atoms with Crippen LogP contribution >= 0.6 is 0 Å². The Morgan fingerprint density at radius 2 is 2.00 bits per heavy atom. The van der Waals surface area contributed by atoms with E-state index in [4.69, 9.17) is 0 Å². The van der Waals surface area contributed by atoms with Gasteiger partial charge in [0.25, 0.3) is 5.91 Å². The number of likely N-dealkylation sites (tertiary alicyclic amines) is 1. The highest BCUT2D eigenvalue weighted by Gasteiger charge is 2.42. The van der Waals surface area contributed by atoms with Gasteiger partial charge in [0.05, 0.1) is 10.3 Å². The molecule has 0 spiro atoms. The van der Waals surface area contributed by atoms with Crippen LogP contribution in [-0.2, 0) is 14.6 Å². The highest BCUT2D eigenvalue weighted by atomic mass is 32.2. The molecule has 21 heavy (non-hydrogen) atoms. The zero-order chi connectivity index (χ0) is 15.8. The molecule has 0 saturated carbocycles. The van der Waals surface area contributed by atoms with Crippen LogP contribution < -0.4 is 0 Å². The lowest BCUT2D eigenvalue weighted by Gasteiger charge is -2.20. The average Bonchev–Trinajstić information content (AvgIpc) is 2.81. The van der Waals surface area contributed by atoms with Crippen molar-refractivity contribution in [2.24, 2.45) is 5.41 Å². The third kappa shape index (κ3) is 3.07. The molecule has 0 radical (unpaired) electrons. The van der Waals surface area contributed by atoms with Gasteiger partial charge in [-0.2, -0.15) is 0 Å². The largest absolute Gasteiger partial charge is 0.481 e. The summed E-state index contributed by atoms with van der Waals surface area (Å²) in [4.78, 5) is 25.1. The minimum Gasteiger partial charge on any atom is -0.481 e. The molecule has 0 bridgehead atoms. The van der Waals surface area contributed by atoms with Crippen LogP contribution in [0.15, 0.2) is 29.2 Å². The van der Waals surface area contributed by atoms with Crippen molar-refractivity contribution in [3.05, 3.63) is 29.8 Å². The SMILES string of the molecule is C[C@@]1(C(=O)O)CCN(C(=O)c2cccc(S(C)(=O)=O)c2)C1. The molecule has 1 aromatic rings. The van der Waals surface area contributed by atoms with Crippen LogP contribution in [0.4, 0.5) is 0 Å². The summed E-state index contributed by atoms with van der Waals surface area (Å²) in [5, 5.41) is 9.18. The summed E-state index contributed by atoms with van der Waals surface area (Å²) in [6.45, 7) is 2.09. The average molecular weight is 311 g/mol. The van der Waals surface area contributed by atoms with E-state index in [0.717, 1.165) is 6.26 Å². The molecule has 0 unspecified atom stereocenters. The Kier molecular flexibility index (Phi) is 3.79. The van der Waals surface area contributed by atoms with Crippen molar-refractivity contribution >= 4 is 21.7 Å². The van der Waals surface area contributed by atoms with Crippen LogP contribution in [0, 0.1) is 5.41 Å². The van der Waals surface area contributed by atoms with Crippen molar-refractivity contribution in [1.82, 2.24) is 4.90 Å². The van der Waals surface area contributed by atoms with Gasteiger partial charge in [-0.3, -0.25) is 9.59 Å². The molecule has 6 nitrogen and oxygen atoms in total. The van der Waals surface area contributed by atoms with Crippen LogP contribution in [0.2, 0.25) is 0 Å². The molecular weight excluding hydrogens is 294 g/mol. The van der Waals surface area contributed by atoms with Crippen LogP contribution in [0.3, 0.4) is 0 Å². The maximum absolute atomic E-state index is 12.4. The number of rotatable bonds is 3. The highest BCUT2D eigenvalue weighted by Crippen LogP contribution is 2.31. The number of carbonyl (C=O) groups is 2. The summed E-state index contributed by atoms with van der Waals surface area (Å²) < 4.78 is 23.0.